The Balaban J connectivity index is 2.20. The van der Waals surface area contributed by atoms with Gasteiger partial charge in [0.1, 0.15) is 12.4 Å². The zero-order valence-corrected chi connectivity index (χ0v) is 10.7. The van der Waals surface area contributed by atoms with E-state index >= 15 is 0 Å². The lowest BCUT2D eigenvalue weighted by Gasteiger charge is -2.08. The molecule has 0 spiro atoms. The monoisotopic (exact) mass is 272 g/mol. The molecule has 2 aromatic carbocycles. The Labute approximate surface area is 116 Å². The molecule has 0 heterocycles. The molecule has 0 aliphatic carbocycles. The van der Waals surface area contributed by atoms with Gasteiger partial charge in [-0.25, -0.2) is 9.18 Å². The normalized spacial score (nSPS) is 9.85. The molecule has 20 heavy (non-hydrogen) atoms. The summed E-state index contributed by atoms with van der Waals surface area (Å²) < 4.78 is 24.0. The van der Waals surface area contributed by atoms with Crippen LogP contribution < -0.4 is 4.74 Å². The van der Waals surface area contributed by atoms with E-state index in [1.54, 1.807) is 24.3 Å². The fraction of sp³-hybridized carbons (Fsp3) is 0.0625. The fourth-order valence-electron chi connectivity index (χ4n) is 1.54. The van der Waals surface area contributed by atoms with E-state index in [4.69, 9.17) is 9.47 Å². The lowest BCUT2D eigenvalue weighted by molar-refractivity contribution is 0.0549. The van der Waals surface area contributed by atoms with Gasteiger partial charge >= 0.3 is 5.97 Å². The molecule has 0 atom stereocenters. The largest absolute Gasteiger partial charge is 0.458 e. The summed E-state index contributed by atoms with van der Waals surface area (Å²) in [4.78, 5) is 11.7. The maximum atomic E-state index is 13.7. The summed E-state index contributed by atoms with van der Waals surface area (Å²) in [7, 11) is 0. The quantitative estimate of drug-likeness (QED) is 0.610. The van der Waals surface area contributed by atoms with E-state index < -0.39 is 11.8 Å². The number of halogens is 1. The highest BCUT2D eigenvalue weighted by molar-refractivity contribution is 5.89. The Kier molecular flexibility index (Phi) is 4.50. The second kappa shape index (κ2) is 6.52. The first-order valence-electron chi connectivity index (χ1n) is 6.01. The number of ether oxygens (including phenoxy) is 2. The number of hydrogen-bond acceptors (Lipinski definition) is 3. The minimum Gasteiger partial charge on any atom is -0.458 e. The molecule has 0 amide bonds. The maximum absolute atomic E-state index is 13.7. The van der Waals surface area contributed by atoms with Crippen molar-refractivity contribution in [2.24, 2.45) is 0 Å². The fourth-order valence-corrected chi connectivity index (χ4v) is 1.54. The summed E-state index contributed by atoms with van der Waals surface area (Å²) in [5.74, 6) is -0.635. The van der Waals surface area contributed by atoms with Crippen LogP contribution in [0.15, 0.2) is 61.2 Å². The Hall–Kier alpha value is -2.62. The molecular formula is C16H13FO3. The second-order valence-corrected chi connectivity index (χ2v) is 3.95. The third-order valence-corrected chi connectivity index (χ3v) is 2.47. The zero-order chi connectivity index (χ0) is 14.4. The maximum Gasteiger partial charge on any atom is 0.338 e. The summed E-state index contributed by atoms with van der Waals surface area (Å²) in [5, 5.41) is 0. The SMILES string of the molecule is C=CCOC(=O)c1ccc(F)c(Oc2ccccc2)c1. The molecular weight excluding hydrogens is 259 g/mol. The van der Waals surface area contributed by atoms with E-state index in [0.29, 0.717) is 5.75 Å². The van der Waals surface area contributed by atoms with Gasteiger partial charge in [-0.3, -0.25) is 0 Å². The van der Waals surface area contributed by atoms with Crippen LogP contribution in [-0.4, -0.2) is 12.6 Å². The molecule has 0 aliphatic heterocycles. The summed E-state index contributed by atoms with van der Waals surface area (Å²) in [6.45, 7) is 3.55. The second-order valence-electron chi connectivity index (χ2n) is 3.95. The summed E-state index contributed by atoms with van der Waals surface area (Å²) >= 11 is 0. The minimum atomic E-state index is -0.553. The number of carbonyl (C=O) groups is 1. The van der Waals surface area contributed by atoms with Crippen LogP contribution in [0, 0.1) is 5.82 Å². The Morgan fingerprint density at radius 2 is 1.95 bits per heavy atom. The van der Waals surface area contributed by atoms with Crippen molar-refractivity contribution in [1.29, 1.82) is 0 Å². The van der Waals surface area contributed by atoms with Gasteiger partial charge in [0.2, 0.25) is 0 Å². The van der Waals surface area contributed by atoms with Gasteiger partial charge in [-0.1, -0.05) is 30.9 Å². The van der Waals surface area contributed by atoms with Gasteiger partial charge in [0, 0.05) is 0 Å². The first-order chi connectivity index (χ1) is 9.70. The molecule has 102 valence electrons. The van der Waals surface area contributed by atoms with E-state index in [2.05, 4.69) is 6.58 Å². The van der Waals surface area contributed by atoms with Crippen molar-refractivity contribution < 1.29 is 18.7 Å². The third-order valence-electron chi connectivity index (χ3n) is 2.47. The molecule has 0 saturated heterocycles. The minimum absolute atomic E-state index is 0.0238. The number of hydrogen-bond donors (Lipinski definition) is 0. The molecule has 3 nitrogen and oxygen atoms in total. The number of esters is 1. The predicted molar refractivity (Wildman–Crippen MR) is 73.4 cm³/mol. The Morgan fingerprint density at radius 3 is 2.65 bits per heavy atom. The molecule has 0 fully saturated rings. The van der Waals surface area contributed by atoms with Crippen LogP contribution in [0.4, 0.5) is 4.39 Å². The van der Waals surface area contributed by atoms with Gasteiger partial charge in [-0.15, -0.1) is 0 Å². The highest BCUT2D eigenvalue weighted by Gasteiger charge is 2.12. The third kappa shape index (κ3) is 3.45. The van der Waals surface area contributed by atoms with Gasteiger partial charge in [0.15, 0.2) is 11.6 Å². The molecule has 0 aliphatic rings. The highest BCUT2D eigenvalue weighted by Crippen LogP contribution is 2.25. The van der Waals surface area contributed by atoms with Crippen molar-refractivity contribution in [3.63, 3.8) is 0 Å². The van der Waals surface area contributed by atoms with Gasteiger partial charge in [-0.05, 0) is 30.3 Å². The van der Waals surface area contributed by atoms with Gasteiger partial charge in [-0.2, -0.15) is 0 Å². The van der Waals surface area contributed by atoms with Crippen molar-refractivity contribution in [1.82, 2.24) is 0 Å². The van der Waals surface area contributed by atoms with E-state index in [1.165, 1.54) is 24.3 Å². The van der Waals surface area contributed by atoms with E-state index in [-0.39, 0.29) is 17.9 Å². The van der Waals surface area contributed by atoms with Crippen molar-refractivity contribution in [3.05, 3.63) is 72.6 Å². The van der Waals surface area contributed by atoms with Crippen LogP contribution in [0.25, 0.3) is 0 Å². The molecule has 0 unspecified atom stereocenters. The lowest BCUT2D eigenvalue weighted by atomic mass is 10.2. The Morgan fingerprint density at radius 1 is 1.20 bits per heavy atom. The topological polar surface area (TPSA) is 35.5 Å². The highest BCUT2D eigenvalue weighted by atomic mass is 19.1. The van der Waals surface area contributed by atoms with Crippen LogP contribution in [0.2, 0.25) is 0 Å². The van der Waals surface area contributed by atoms with Crippen LogP contribution in [0.3, 0.4) is 0 Å². The number of para-hydroxylation sites is 1. The van der Waals surface area contributed by atoms with Gasteiger partial charge in [0.05, 0.1) is 5.56 Å². The van der Waals surface area contributed by atoms with Crippen molar-refractivity contribution in [2.45, 2.75) is 0 Å². The van der Waals surface area contributed by atoms with Crippen LogP contribution in [-0.2, 0) is 4.74 Å². The molecule has 4 heteroatoms. The average Bonchev–Trinajstić information content (AvgIpc) is 2.48. The van der Waals surface area contributed by atoms with Crippen LogP contribution in [0.1, 0.15) is 10.4 Å². The van der Waals surface area contributed by atoms with Gasteiger partial charge in [0.25, 0.3) is 0 Å². The van der Waals surface area contributed by atoms with Crippen molar-refractivity contribution in [2.75, 3.05) is 6.61 Å². The summed E-state index contributed by atoms with van der Waals surface area (Å²) in [6.07, 6.45) is 1.46. The molecule has 0 radical (unpaired) electrons. The molecule has 0 bridgehead atoms. The molecule has 0 saturated carbocycles. The lowest BCUT2D eigenvalue weighted by Crippen LogP contribution is -2.05. The molecule has 0 N–H and O–H groups in total. The molecule has 0 aromatic heterocycles. The average molecular weight is 272 g/mol. The molecule has 2 aromatic rings. The van der Waals surface area contributed by atoms with Crippen molar-refractivity contribution in [3.8, 4) is 11.5 Å². The standard InChI is InChI=1S/C16H13FO3/c1-2-10-19-16(18)12-8-9-14(17)15(11-12)20-13-6-4-3-5-7-13/h2-9,11H,1,10H2. The smallest absolute Gasteiger partial charge is 0.338 e. The first-order valence-corrected chi connectivity index (χ1v) is 6.01. The van der Waals surface area contributed by atoms with E-state index in [9.17, 15) is 9.18 Å². The number of carbonyl (C=O) groups excluding carboxylic acids is 1. The molecule has 2 rings (SSSR count). The van der Waals surface area contributed by atoms with Crippen molar-refractivity contribution >= 4 is 5.97 Å². The summed E-state index contributed by atoms with van der Waals surface area (Å²) in [6, 6.07) is 12.6. The van der Waals surface area contributed by atoms with Gasteiger partial charge < -0.3 is 9.47 Å². The Bertz CT molecular complexity index is 608. The van der Waals surface area contributed by atoms with E-state index in [0.717, 1.165) is 0 Å². The zero-order valence-electron chi connectivity index (χ0n) is 10.7. The predicted octanol–water partition coefficient (Wildman–Crippen LogP) is 3.96. The van der Waals surface area contributed by atoms with Crippen LogP contribution in [0.5, 0.6) is 11.5 Å². The first kappa shape index (κ1) is 13.8. The summed E-state index contributed by atoms with van der Waals surface area (Å²) in [5.41, 5.74) is 0.221. The van der Waals surface area contributed by atoms with Crippen LogP contribution >= 0.6 is 0 Å². The van der Waals surface area contributed by atoms with E-state index in [1.807, 2.05) is 6.07 Å². The number of benzene rings is 2. The number of rotatable bonds is 5.